The molecule has 166 valence electrons. The van der Waals surface area contributed by atoms with E-state index in [1.165, 1.54) is 29.2 Å². The molecule has 3 nitrogen and oxygen atoms in total. The van der Waals surface area contributed by atoms with Gasteiger partial charge in [-0.25, -0.2) is 17.6 Å². The Labute approximate surface area is 187 Å². The summed E-state index contributed by atoms with van der Waals surface area (Å²) in [5.41, 5.74) is 1.25. The molecule has 1 aliphatic rings. The summed E-state index contributed by atoms with van der Waals surface area (Å²) in [5.74, 6) is -4.94. The van der Waals surface area contributed by atoms with Crippen molar-refractivity contribution in [1.82, 2.24) is 4.90 Å². The fraction of sp³-hybridized carbons (Fsp3) is 0.0769. The fourth-order valence-electron chi connectivity index (χ4n) is 3.55. The molecule has 0 saturated carbocycles. The number of likely N-dealkylation sites (tertiary alicyclic amines) is 1. The van der Waals surface area contributed by atoms with E-state index in [2.05, 4.69) is 0 Å². The molecule has 1 aliphatic heterocycles. The average molecular weight is 451 g/mol. The molecule has 7 heteroatoms. The van der Waals surface area contributed by atoms with E-state index < -0.39 is 29.1 Å². The molecule has 0 aliphatic carbocycles. The second kappa shape index (κ2) is 9.24. The molecular weight excluding hydrogens is 434 g/mol. The summed E-state index contributed by atoms with van der Waals surface area (Å²) in [7, 11) is 0. The lowest BCUT2D eigenvalue weighted by atomic mass is 9.93. The van der Waals surface area contributed by atoms with E-state index in [0.29, 0.717) is 5.56 Å². The Balaban J connectivity index is 1.75. The molecule has 0 unspecified atom stereocenters. The molecule has 1 saturated heterocycles. The zero-order chi connectivity index (χ0) is 23.5. The summed E-state index contributed by atoms with van der Waals surface area (Å²) in [4.78, 5) is 27.6. The Kier molecular flexibility index (Phi) is 6.22. The number of carbonyl (C=O) groups is 2. The number of hydrogen-bond donors (Lipinski definition) is 0. The highest BCUT2D eigenvalue weighted by Gasteiger charge is 2.29. The molecule has 0 bridgehead atoms. The van der Waals surface area contributed by atoms with Crippen molar-refractivity contribution in [1.29, 1.82) is 0 Å². The van der Waals surface area contributed by atoms with Gasteiger partial charge in [0.2, 0.25) is 0 Å². The maximum Gasteiger partial charge on any atom is 0.254 e. The van der Waals surface area contributed by atoms with Crippen LogP contribution in [-0.4, -0.2) is 29.7 Å². The van der Waals surface area contributed by atoms with Crippen LogP contribution in [0.5, 0.6) is 0 Å². The zero-order valence-corrected chi connectivity index (χ0v) is 17.2. The van der Waals surface area contributed by atoms with Crippen LogP contribution in [0.15, 0.2) is 77.9 Å². The quantitative estimate of drug-likeness (QED) is 0.393. The minimum absolute atomic E-state index is 0.0549. The molecule has 3 aromatic carbocycles. The maximum absolute atomic E-state index is 13.7. The van der Waals surface area contributed by atoms with Crippen LogP contribution in [-0.2, 0) is 4.79 Å². The van der Waals surface area contributed by atoms with Gasteiger partial charge in [-0.2, -0.15) is 0 Å². The summed E-state index contributed by atoms with van der Waals surface area (Å²) in [6, 6.07) is 14.9. The highest BCUT2D eigenvalue weighted by atomic mass is 19.2. The molecule has 0 aromatic heterocycles. The standard InChI is InChI=1S/C26H17F4NO2/c27-21-8-6-16(12-23(21)29)10-19-14-31(26(33)18-4-2-1-3-5-18)15-20(25(19)32)11-17-7-9-22(28)24(30)13-17/h1-13H,14-15H2/b19-10+,20-11+. The molecule has 1 heterocycles. The van der Waals surface area contributed by atoms with Crippen molar-refractivity contribution < 1.29 is 27.2 Å². The Morgan fingerprint density at radius 1 is 0.697 bits per heavy atom. The number of rotatable bonds is 3. The minimum atomic E-state index is -1.07. The number of halogens is 4. The van der Waals surface area contributed by atoms with E-state index in [4.69, 9.17) is 0 Å². The van der Waals surface area contributed by atoms with Gasteiger partial charge < -0.3 is 4.90 Å². The van der Waals surface area contributed by atoms with Crippen LogP contribution in [0.1, 0.15) is 21.5 Å². The zero-order valence-electron chi connectivity index (χ0n) is 17.2. The van der Waals surface area contributed by atoms with Crippen LogP contribution in [0.4, 0.5) is 17.6 Å². The maximum atomic E-state index is 13.7. The summed E-state index contributed by atoms with van der Waals surface area (Å²) < 4.78 is 53.9. The molecule has 0 atom stereocenters. The molecule has 0 spiro atoms. The summed E-state index contributed by atoms with van der Waals surface area (Å²) >= 11 is 0. The van der Waals surface area contributed by atoms with E-state index in [1.807, 2.05) is 0 Å². The van der Waals surface area contributed by atoms with E-state index in [1.54, 1.807) is 30.3 Å². The third kappa shape index (κ3) is 4.92. The highest BCUT2D eigenvalue weighted by Crippen LogP contribution is 2.24. The van der Waals surface area contributed by atoms with Crippen LogP contribution in [0.3, 0.4) is 0 Å². The van der Waals surface area contributed by atoms with Gasteiger partial charge >= 0.3 is 0 Å². The lowest BCUT2D eigenvalue weighted by molar-refractivity contribution is -0.113. The largest absolute Gasteiger partial charge is 0.330 e. The fourth-order valence-corrected chi connectivity index (χ4v) is 3.55. The first-order chi connectivity index (χ1) is 15.8. The third-order valence-corrected chi connectivity index (χ3v) is 5.18. The van der Waals surface area contributed by atoms with Crippen molar-refractivity contribution in [2.75, 3.05) is 13.1 Å². The van der Waals surface area contributed by atoms with Gasteiger partial charge in [0.05, 0.1) is 13.1 Å². The predicted octanol–water partition coefficient (Wildman–Crippen LogP) is 5.44. The van der Waals surface area contributed by atoms with Crippen LogP contribution in [0.2, 0.25) is 0 Å². The minimum Gasteiger partial charge on any atom is -0.330 e. The van der Waals surface area contributed by atoms with Crippen LogP contribution in [0.25, 0.3) is 12.2 Å². The van der Waals surface area contributed by atoms with Crippen molar-refractivity contribution in [3.8, 4) is 0 Å². The second-order valence-corrected chi connectivity index (χ2v) is 7.54. The van der Waals surface area contributed by atoms with Crippen LogP contribution < -0.4 is 0 Å². The van der Waals surface area contributed by atoms with Crippen molar-refractivity contribution >= 4 is 23.8 Å². The predicted molar refractivity (Wildman–Crippen MR) is 116 cm³/mol. The normalized spacial score (nSPS) is 16.5. The Morgan fingerprint density at radius 3 is 1.64 bits per heavy atom. The number of ketones is 1. The topological polar surface area (TPSA) is 37.4 Å². The van der Waals surface area contributed by atoms with Crippen molar-refractivity contribution in [2.24, 2.45) is 0 Å². The first-order valence-corrected chi connectivity index (χ1v) is 10.0. The lowest BCUT2D eigenvalue weighted by Gasteiger charge is -2.30. The van der Waals surface area contributed by atoms with Gasteiger partial charge in [-0.15, -0.1) is 0 Å². The Hall–Kier alpha value is -4.00. The van der Waals surface area contributed by atoms with Gasteiger partial charge in [-0.3, -0.25) is 9.59 Å². The number of Topliss-reactive ketones (excluding diaryl/α,β-unsaturated/α-hetero) is 1. The molecule has 33 heavy (non-hydrogen) atoms. The van der Waals surface area contributed by atoms with Crippen molar-refractivity contribution in [3.63, 3.8) is 0 Å². The number of amides is 1. The van der Waals surface area contributed by atoms with Crippen molar-refractivity contribution in [3.05, 3.63) is 118 Å². The first kappa shape index (κ1) is 22.2. The van der Waals surface area contributed by atoms with Gasteiger partial charge in [0, 0.05) is 16.7 Å². The van der Waals surface area contributed by atoms with Gasteiger partial charge in [-0.05, 0) is 59.7 Å². The molecule has 1 amide bonds. The molecule has 4 rings (SSSR count). The van der Waals surface area contributed by atoms with E-state index >= 15 is 0 Å². The molecule has 0 radical (unpaired) electrons. The molecule has 0 N–H and O–H groups in total. The average Bonchev–Trinajstić information content (AvgIpc) is 2.81. The highest BCUT2D eigenvalue weighted by molar-refractivity contribution is 6.15. The summed E-state index contributed by atoms with van der Waals surface area (Å²) in [6.45, 7) is -0.110. The van der Waals surface area contributed by atoms with E-state index in [9.17, 15) is 27.2 Å². The van der Waals surface area contributed by atoms with Crippen LogP contribution >= 0.6 is 0 Å². The van der Waals surface area contributed by atoms with E-state index in [-0.39, 0.29) is 41.3 Å². The molecular formula is C26H17F4NO2. The molecule has 3 aromatic rings. The smallest absolute Gasteiger partial charge is 0.254 e. The number of nitrogens with zero attached hydrogens (tertiary/aromatic N) is 1. The van der Waals surface area contributed by atoms with Gasteiger partial charge in [0.1, 0.15) is 0 Å². The second-order valence-electron chi connectivity index (χ2n) is 7.54. The number of piperidine rings is 1. The monoisotopic (exact) mass is 451 g/mol. The number of hydrogen-bond acceptors (Lipinski definition) is 2. The lowest BCUT2D eigenvalue weighted by Crippen LogP contribution is -2.41. The van der Waals surface area contributed by atoms with Gasteiger partial charge in [-0.1, -0.05) is 30.3 Å². The first-order valence-electron chi connectivity index (χ1n) is 10.0. The Bertz CT molecular complexity index is 1230. The molecule has 1 fully saturated rings. The summed E-state index contributed by atoms with van der Waals surface area (Å²) in [6.07, 6.45) is 2.77. The Morgan fingerprint density at radius 2 is 1.18 bits per heavy atom. The van der Waals surface area contributed by atoms with Gasteiger partial charge in [0.25, 0.3) is 5.91 Å². The van der Waals surface area contributed by atoms with E-state index in [0.717, 1.165) is 24.3 Å². The number of carbonyl (C=O) groups excluding carboxylic acids is 2. The van der Waals surface area contributed by atoms with Gasteiger partial charge in [0.15, 0.2) is 29.1 Å². The SMILES string of the molecule is O=C1/C(=C/c2ccc(F)c(F)c2)CN(C(=O)c2ccccc2)C/C1=C\c1ccc(F)c(F)c1. The van der Waals surface area contributed by atoms with Crippen molar-refractivity contribution in [2.45, 2.75) is 0 Å². The third-order valence-electron chi connectivity index (χ3n) is 5.18. The summed E-state index contributed by atoms with van der Waals surface area (Å²) in [5, 5.41) is 0. The number of benzene rings is 3. The van der Waals surface area contributed by atoms with Crippen LogP contribution in [0, 0.1) is 23.3 Å².